The van der Waals surface area contributed by atoms with Crippen LogP contribution in [-0.2, 0) is 5.41 Å². The molecular formula is C14H24Si. The first-order valence-electron chi connectivity index (χ1n) is 5.85. The second kappa shape index (κ2) is 4.13. The van der Waals surface area contributed by atoms with Crippen molar-refractivity contribution in [3.8, 4) is 0 Å². The molecular weight excluding hydrogens is 196 g/mol. The quantitative estimate of drug-likeness (QED) is 0.637. The first kappa shape index (κ1) is 12.5. The molecule has 0 aliphatic rings. The lowest BCUT2D eigenvalue weighted by Crippen LogP contribution is -2.35. The van der Waals surface area contributed by atoms with Crippen LogP contribution in [0, 0.1) is 13.8 Å². The van der Waals surface area contributed by atoms with Crippen LogP contribution in [0.5, 0.6) is 0 Å². The van der Waals surface area contributed by atoms with E-state index in [1.165, 1.54) is 11.1 Å². The maximum atomic E-state index is 2.43. The number of hydrogen-bond acceptors (Lipinski definition) is 0. The monoisotopic (exact) mass is 220 g/mol. The molecule has 0 saturated heterocycles. The molecule has 1 rings (SSSR count). The molecule has 1 heteroatoms. The largest absolute Gasteiger partial charge is 0.0682 e. The van der Waals surface area contributed by atoms with Gasteiger partial charge in [-0.2, -0.15) is 0 Å². The van der Waals surface area contributed by atoms with Crippen molar-refractivity contribution in [2.24, 2.45) is 0 Å². The Morgan fingerprint density at radius 1 is 1.00 bits per heavy atom. The second-order valence-corrected chi connectivity index (χ2v) is 8.76. The van der Waals surface area contributed by atoms with Crippen LogP contribution in [0.2, 0.25) is 13.1 Å². The summed E-state index contributed by atoms with van der Waals surface area (Å²) in [5.41, 5.74) is 4.82. The van der Waals surface area contributed by atoms with Crippen LogP contribution >= 0.6 is 0 Å². The van der Waals surface area contributed by atoms with Gasteiger partial charge in [-0.25, -0.2) is 0 Å². The lowest BCUT2D eigenvalue weighted by molar-refractivity contribution is 0.593. The maximum Gasteiger partial charge on any atom is 0.0654 e. The van der Waals surface area contributed by atoms with E-state index in [2.05, 4.69) is 59.8 Å². The van der Waals surface area contributed by atoms with Gasteiger partial charge in [0.1, 0.15) is 0 Å². The average molecular weight is 220 g/mol. The van der Waals surface area contributed by atoms with Crippen molar-refractivity contribution in [3.63, 3.8) is 0 Å². The van der Waals surface area contributed by atoms with E-state index < -0.39 is 8.80 Å². The van der Waals surface area contributed by atoms with Crippen molar-refractivity contribution in [1.82, 2.24) is 0 Å². The number of aryl methyl sites for hydroxylation is 1. The Labute approximate surface area is 96.3 Å². The second-order valence-electron chi connectivity index (χ2n) is 5.87. The standard InChI is InChI=1S/C14H24Si/c1-10-8-9-12(14(3,4)5)13(11(10)2)15(6)7/h8-9,15H,1-7H3. The molecule has 0 nitrogen and oxygen atoms in total. The minimum Gasteiger partial charge on any atom is -0.0682 e. The fourth-order valence-electron chi connectivity index (χ4n) is 2.24. The zero-order valence-corrected chi connectivity index (χ0v) is 12.4. The summed E-state index contributed by atoms with van der Waals surface area (Å²) in [5.74, 6) is 0. The third-order valence-electron chi connectivity index (χ3n) is 3.17. The zero-order valence-electron chi connectivity index (χ0n) is 11.2. The Bertz CT molecular complexity index is 356. The van der Waals surface area contributed by atoms with Gasteiger partial charge in [-0.15, -0.1) is 0 Å². The summed E-state index contributed by atoms with van der Waals surface area (Å²) in [6, 6.07) is 4.61. The molecule has 0 heterocycles. The molecule has 84 valence electrons. The Morgan fingerprint density at radius 3 is 1.93 bits per heavy atom. The number of benzene rings is 1. The highest BCUT2D eigenvalue weighted by atomic mass is 28.3. The van der Waals surface area contributed by atoms with E-state index >= 15 is 0 Å². The zero-order chi connectivity index (χ0) is 11.8. The van der Waals surface area contributed by atoms with Crippen molar-refractivity contribution < 1.29 is 0 Å². The highest BCUT2D eigenvalue weighted by Gasteiger charge is 2.21. The van der Waals surface area contributed by atoms with Gasteiger partial charge < -0.3 is 0 Å². The summed E-state index contributed by atoms with van der Waals surface area (Å²) in [5, 5.41) is 1.68. The molecule has 0 aliphatic heterocycles. The van der Waals surface area contributed by atoms with Crippen molar-refractivity contribution in [2.45, 2.75) is 53.1 Å². The first-order valence-corrected chi connectivity index (χ1v) is 8.74. The van der Waals surface area contributed by atoms with Crippen molar-refractivity contribution in [1.29, 1.82) is 0 Å². The van der Waals surface area contributed by atoms with E-state index in [-0.39, 0.29) is 5.41 Å². The van der Waals surface area contributed by atoms with E-state index in [0.717, 1.165) is 0 Å². The van der Waals surface area contributed by atoms with Gasteiger partial charge in [-0.1, -0.05) is 51.2 Å². The summed E-state index contributed by atoms with van der Waals surface area (Å²) in [6.45, 7) is 16.3. The Hall–Kier alpha value is -0.563. The van der Waals surface area contributed by atoms with Gasteiger partial charge in [0.05, 0.1) is 8.80 Å². The van der Waals surface area contributed by atoms with Gasteiger partial charge in [0.15, 0.2) is 0 Å². The van der Waals surface area contributed by atoms with Crippen LogP contribution in [0.1, 0.15) is 37.5 Å². The first-order chi connectivity index (χ1) is 6.75. The van der Waals surface area contributed by atoms with E-state index in [9.17, 15) is 0 Å². The summed E-state index contributed by atoms with van der Waals surface area (Å²) < 4.78 is 0. The predicted molar refractivity (Wildman–Crippen MR) is 73.1 cm³/mol. The van der Waals surface area contributed by atoms with Gasteiger partial charge in [-0.3, -0.25) is 0 Å². The Kier molecular flexibility index (Phi) is 3.44. The molecule has 0 aliphatic carbocycles. The summed E-state index contributed by atoms with van der Waals surface area (Å²) >= 11 is 0. The molecule has 0 unspecified atom stereocenters. The van der Waals surface area contributed by atoms with Gasteiger partial charge in [0.25, 0.3) is 0 Å². The molecule has 0 amide bonds. The van der Waals surface area contributed by atoms with Gasteiger partial charge in [-0.05, 0) is 36.0 Å². The molecule has 0 saturated carbocycles. The van der Waals surface area contributed by atoms with Gasteiger partial charge >= 0.3 is 0 Å². The normalized spacial score (nSPS) is 12.3. The molecule has 0 N–H and O–H groups in total. The van der Waals surface area contributed by atoms with Crippen LogP contribution in [0.3, 0.4) is 0 Å². The molecule has 0 radical (unpaired) electrons. The summed E-state index contributed by atoms with van der Waals surface area (Å²) in [7, 11) is -0.735. The molecule has 0 fully saturated rings. The maximum absolute atomic E-state index is 2.43. The smallest absolute Gasteiger partial charge is 0.0654 e. The number of rotatable bonds is 1. The van der Waals surface area contributed by atoms with E-state index in [1.807, 2.05) is 0 Å². The van der Waals surface area contributed by atoms with Crippen LogP contribution in [0.15, 0.2) is 12.1 Å². The predicted octanol–water partition coefficient (Wildman–Crippen LogP) is 3.29. The fourth-order valence-corrected chi connectivity index (χ4v) is 4.48. The van der Waals surface area contributed by atoms with E-state index in [0.29, 0.717) is 0 Å². The molecule has 15 heavy (non-hydrogen) atoms. The van der Waals surface area contributed by atoms with Crippen LogP contribution in [-0.4, -0.2) is 8.80 Å². The third-order valence-corrected chi connectivity index (χ3v) is 5.07. The molecule has 0 aromatic heterocycles. The highest BCUT2D eigenvalue weighted by Crippen LogP contribution is 2.23. The lowest BCUT2D eigenvalue weighted by atomic mass is 9.85. The molecule has 1 aromatic carbocycles. The lowest BCUT2D eigenvalue weighted by Gasteiger charge is -2.27. The topological polar surface area (TPSA) is 0 Å². The van der Waals surface area contributed by atoms with E-state index in [4.69, 9.17) is 0 Å². The summed E-state index contributed by atoms with van der Waals surface area (Å²) in [6.07, 6.45) is 0. The number of hydrogen-bond donors (Lipinski definition) is 0. The SMILES string of the molecule is Cc1ccc(C(C)(C)C)c([SiH](C)C)c1C. The van der Waals surface area contributed by atoms with Crippen LogP contribution in [0.4, 0.5) is 0 Å². The average Bonchev–Trinajstić information content (AvgIpc) is 2.06. The molecule has 0 atom stereocenters. The summed E-state index contributed by atoms with van der Waals surface area (Å²) in [4.78, 5) is 0. The minimum absolute atomic E-state index is 0.283. The minimum atomic E-state index is -0.735. The molecule has 0 bridgehead atoms. The van der Waals surface area contributed by atoms with Crippen molar-refractivity contribution in [3.05, 3.63) is 28.8 Å². The fraction of sp³-hybridized carbons (Fsp3) is 0.571. The molecule has 1 aromatic rings. The van der Waals surface area contributed by atoms with Gasteiger partial charge in [0.2, 0.25) is 0 Å². The van der Waals surface area contributed by atoms with Crippen LogP contribution < -0.4 is 5.19 Å². The Balaban J connectivity index is 3.47. The molecule has 0 spiro atoms. The van der Waals surface area contributed by atoms with E-state index in [1.54, 1.807) is 10.8 Å². The van der Waals surface area contributed by atoms with Crippen LogP contribution in [0.25, 0.3) is 0 Å². The van der Waals surface area contributed by atoms with Gasteiger partial charge in [0, 0.05) is 0 Å². The Morgan fingerprint density at radius 2 is 1.53 bits per heavy atom. The van der Waals surface area contributed by atoms with Crippen molar-refractivity contribution in [2.75, 3.05) is 0 Å². The highest BCUT2D eigenvalue weighted by molar-refractivity contribution is 6.71. The third kappa shape index (κ3) is 2.51. The van der Waals surface area contributed by atoms with Crippen molar-refractivity contribution >= 4 is 14.0 Å².